The summed E-state index contributed by atoms with van der Waals surface area (Å²) < 4.78 is 5.35. The fourth-order valence-electron chi connectivity index (χ4n) is 1.86. The van der Waals surface area contributed by atoms with Crippen LogP contribution in [0.25, 0.3) is 0 Å². The SMILES string of the molecule is CC(C)OCC(=O)NC(c1ccccc1)c1cccs1. The number of carbonyl (C=O) groups is 1. The minimum absolute atomic E-state index is 0.0534. The van der Waals surface area contributed by atoms with Crippen LogP contribution in [0.2, 0.25) is 0 Å². The number of nitrogens with one attached hydrogen (secondary N) is 1. The van der Waals surface area contributed by atoms with Gasteiger partial charge in [-0.2, -0.15) is 0 Å². The van der Waals surface area contributed by atoms with Crippen LogP contribution in [-0.4, -0.2) is 18.6 Å². The molecule has 0 aliphatic heterocycles. The molecule has 0 aliphatic carbocycles. The van der Waals surface area contributed by atoms with Gasteiger partial charge in [-0.15, -0.1) is 11.3 Å². The van der Waals surface area contributed by atoms with Crippen LogP contribution in [0.1, 0.15) is 30.3 Å². The second kappa shape index (κ2) is 7.22. The Hall–Kier alpha value is -1.65. The van der Waals surface area contributed by atoms with E-state index >= 15 is 0 Å². The average Bonchev–Trinajstić information content (AvgIpc) is 2.97. The number of ether oxygens (including phenoxy) is 1. The van der Waals surface area contributed by atoms with Crippen molar-refractivity contribution in [3.63, 3.8) is 0 Å². The monoisotopic (exact) mass is 289 g/mol. The zero-order valence-corrected chi connectivity index (χ0v) is 12.5. The van der Waals surface area contributed by atoms with Crippen molar-refractivity contribution < 1.29 is 9.53 Å². The van der Waals surface area contributed by atoms with Crippen LogP contribution in [0.5, 0.6) is 0 Å². The molecule has 2 aromatic rings. The Kier molecular flexibility index (Phi) is 5.32. The van der Waals surface area contributed by atoms with E-state index in [1.54, 1.807) is 11.3 Å². The van der Waals surface area contributed by atoms with Crippen molar-refractivity contribution in [3.05, 3.63) is 58.3 Å². The molecule has 1 atom stereocenters. The van der Waals surface area contributed by atoms with Crippen LogP contribution < -0.4 is 5.32 Å². The third-order valence-electron chi connectivity index (χ3n) is 2.81. The van der Waals surface area contributed by atoms with Crippen LogP contribution in [0.3, 0.4) is 0 Å². The van der Waals surface area contributed by atoms with Gasteiger partial charge in [-0.1, -0.05) is 36.4 Å². The van der Waals surface area contributed by atoms with E-state index in [2.05, 4.69) is 5.32 Å². The van der Waals surface area contributed by atoms with E-state index < -0.39 is 0 Å². The van der Waals surface area contributed by atoms with Gasteiger partial charge in [-0.3, -0.25) is 4.79 Å². The van der Waals surface area contributed by atoms with Gasteiger partial charge in [0.2, 0.25) is 5.91 Å². The molecule has 1 N–H and O–H groups in total. The van der Waals surface area contributed by atoms with E-state index in [-0.39, 0.29) is 24.7 Å². The summed E-state index contributed by atoms with van der Waals surface area (Å²) >= 11 is 1.64. The van der Waals surface area contributed by atoms with Gasteiger partial charge in [0.1, 0.15) is 6.61 Å². The Morgan fingerprint density at radius 1 is 1.20 bits per heavy atom. The lowest BCUT2D eigenvalue weighted by molar-refractivity contribution is -0.127. The number of thiophene rings is 1. The number of rotatable bonds is 6. The van der Waals surface area contributed by atoms with Gasteiger partial charge in [0.15, 0.2) is 0 Å². The molecule has 0 saturated carbocycles. The molecule has 1 aromatic heterocycles. The second-order valence-corrected chi connectivity index (χ2v) is 5.77. The molecule has 1 heterocycles. The first kappa shape index (κ1) is 14.8. The van der Waals surface area contributed by atoms with Gasteiger partial charge in [0.05, 0.1) is 12.1 Å². The molecule has 20 heavy (non-hydrogen) atoms. The second-order valence-electron chi connectivity index (χ2n) is 4.79. The van der Waals surface area contributed by atoms with Crippen LogP contribution in [0.15, 0.2) is 47.8 Å². The van der Waals surface area contributed by atoms with Crippen molar-refractivity contribution in [2.24, 2.45) is 0 Å². The molecule has 4 heteroatoms. The zero-order valence-electron chi connectivity index (χ0n) is 11.7. The summed E-state index contributed by atoms with van der Waals surface area (Å²) in [5.41, 5.74) is 1.08. The Morgan fingerprint density at radius 2 is 1.95 bits per heavy atom. The standard InChI is InChI=1S/C16H19NO2S/c1-12(2)19-11-15(18)17-16(14-9-6-10-20-14)13-7-4-3-5-8-13/h3-10,12,16H,11H2,1-2H3,(H,17,18). The molecule has 0 radical (unpaired) electrons. The summed E-state index contributed by atoms with van der Waals surface area (Å²) in [6.45, 7) is 3.93. The summed E-state index contributed by atoms with van der Waals surface area (Å²) in [4.78, 5) is 13.1. The molecule has 0 bridgehead atoms. The Morgan fingerprint density at radius 3 is 2.55 bits per heavy atom. The van der Waals surface area contributed by atoms with Crippen LogP contribution in [0.4, 0.5) is 0 Å². The molecule has 1 unspecified atom stereocenters. The molecule has 0 spiro atoms. The van der Waals surface area contributed by atoms with Gasteiger partial charge >= 0.3 is 0 Å². The van der Waals surface area contributed by atoms with E-state index in [1.807, 2.05) is 61.7 Å². The quantitative estimate of drug-likeness (QED) is 0.885. The third kappa shape index (κ3) is 4.18. The minimum atomic E-state index is -0.112. The topological polar surface area (TPSA) is 38.3 Å². The third-order valence-corrected chi connectivity index (χ3v) is 3.75. The lowest BCUT2D eigenvalue weighted by Gasteiger charge is -2.18. The molecule has 106 valence electrons. The van der Waals surface area contributed by atoms with Crippen molar-refractivity contribution in [2.75, 3.05) is 6.61 Å². The lowest BCUT2D eigenvalue weighted by Crippen LogP contribution is -2.32. The van der Waals surface area contributed by atoms with Gasteiger partial charge in [0, 0.05) is 4.88 Å². The predicted octanol–water partition coefficient (Wildman–Crippen LogP) is 3.38. The first-order chi connectivity index (χ1) is 9.66. The molecule has 2 rings (SSSR count). The molecule has 1 aromatic carbocycles. The van der Waals surface area contributed by atoms with E-state index in [0.29, 0.717) is 0 Å². The Balaban J connectivity index is 2.10. The highest BCUT2D eigenvalue weighted by molar-refractivity contribution is 7.10. The summed E-state index contributed by atoms with van der Waals surface area (Å²) in [5.74, 6) is -0.0963. The van der Waals surface area contributed by atoms with E-state index in [9.17, 15) is 4.79 Å². The van der Waals surface area contributed by atoms with Crippen molar-refractivity contribution in [1.82, 2.24) is 5.32 Å². The maximum Gasteiger partial charge on any atom is 0.246 e. The van der Waals surface area contributed by atoms with Crippen molar-refractivity contribution >= 4 is 17.2 Å². The highest BCUT2D eigenvalue weighted by atomic mass is 32.1. The highest BCUT2D eigenvalue weighted by Gasteiger charge is 2.17. The Labute approximate surface area is 123 Å². The number of amides is 1. The molecular weight excluding hydrogens is 270 g/mol. The van der Waals surface area contributed by atoms with Gasteiger partial charge in [-0.05, 0) is 30.9 Å². The number of benzene rings is 1. The fourth-order valence-corrected chi connectivity index (χ4v) is 2.67. The first-order valence-corrected chi connectivity index (χ1v) is 7.54. The minimum Gasteiger partial charge on any atom is -0.369 e. The highest BCUT2D eigenvalue weighted by Crippen LogP contribution is 2.25. The van der Waals surface area contributed by atoms with E-state index in [0.717, 1.165) is 10.4 Å². The predicted molar refractivity (Wildman–Crippen MR) is 81.8 cm³/mol. The number of hydrogen-bond acceptors (Lipinski definition) is 3. The van der Waals surface area contributed by atoms with Crippen molar-refractivity contribution in [2.45, 2.75) is 26.0 Å². The maximum absolute atomic E-state index is 12.0. The summed E-state index contributed by atoms with van der Waals surface area (Å²) in [6.07, 6.45) is 0.0534. The molecule has 3 nitrogen and oxygen atoms in total. The largest absolute Gasteiger partial charge is 0.369 e. The lowest BCUT2D eigenvalue weighted by atomic mass is 10.1. The summed E-state index contributed by atoms with van der Waals surface area (Å²) in [5, 5.41) is 5.05. The van der Waals surface area contributed by atoms with Crippen LogP contribution in [-0.2, 0) is 9.53 Å². The fraction of sp³-hybridized carbons (Fsp3) is 0.312. The summed E-state index contributed by atoms with van der Waals surface area (Å²) in [7, 11) is 0. The van der Waals surface area contributed by atoms with Crippen LogP contribution in [0, 0.1) is 0 Å². The number of carbonyl (C=O) groups excluding carboxylic acids is 1. The number of hydrogen-bond donors (Lipinski definition) is 1. The van der Waals surface area contributed by atoms with Gasteiger partial charge in [-0.25, -0.2) is 0 Å². The van der Waals surface area contributed by atoms with Crippen LogP contribution >= 0.6 is 11.3 Å². The van der Waals surface area contributed by atoms with Gasteiger partial charge in [0.25, 0.3) is 0 Å². The first-order valence-electron chi connectivity index (χ1n) is 6.66. The molecule has 0 fully saturated rings. The Bertz CT molecular complexity index is 523. The molecule has 0 saturated heterocycles. The normalized spacial score (nSPS) is 12.3. The van der Waals surface area contributed by atoms with E-state index in [1.165, 1.54) is 0 Å². The average molecular weight is 289 g/mol. The molecule has 0 aliphatic rings. The molecular formula is C16H19NO2S. The smallest absolute Gasteiger partial charge is 0.246 e. The van der Waals surface area contributed by atoms with Crippen molar-refractivity contribution in [3.8, 4) is 0 Å². The maximum atomic E-state index is 12.0. The van der Waals surface area contributed by atoms with Crippen molar-refractivity contribution in [1.29, 1.82) is 0 Å². The summed E-state index contributed by atoms with van der Waals surface area (Å²) in [6, 6.07) is 13.9. The van der Waals surface area contributed by atoms with E-state index in [4.69, 9.17) is 4.74 Å². The molecule has 1 amide bonds. The van der Waals surface area contributed by atoms with Gasteiger partial charge < -0.3 is 10.1 Å². The zero-order chi connectivity index (χ0) is 14.4.